The summed E-state index contributed by atoms with van der Waals surface area (Å²) in [6.45, 7) is 7.63. The number of aliphatic hydroxyl groups excluding tert-OH is 1. The molecule has 1 saturated carbocycles. The van der Waals surface area contributed by atoms with E-state index in [2.05, 4.69) is 36.9 Å². The Balaban J connectivity index is 2.28. The van der Waals surface area contributed by atoms with E-state index in [1.807, 2.05) is 13.0 Å². The fourth-order valence-electron chi connectivity index (χ4n) is 2.47. The van der Waals surface area contributed by atoms with E-state index < -0.39 is 0 Å². The molecule has 1 aliphatic carbocycles. The summed E-state index contributed by atoms with van der Waals surface area (Å²) in [5, 5.41) is 10.2. The highest BCUT2D eigenvalue weighted by atomic mass is 16.3. The lowest BCUT2D eigenvalue weighted by Crippen LogP contribution is -2.31. The van der Waals surface area contributed by atoms with Crippen molar-refractivity contribution in [2.75, 3.05) is 11.4 Å². The minimum Gasteiger partial charge on any atom is -0.388 e. The Labute approximate surface area is 111 Å². The summed E-state index contributed by atoms with van der Waals surface area (Å²) >= 11 is 0. The van der Waals surface area contributed by atoms with Gasteiger partial charge in [-0.25, -0.2) is 0 Å². The van der Waals surface area contributed by atoms with Gasteiger partial charge in [0, 0.05) is 23.8 Å². The first-order valence-corrected chi connectivity index (χ1v) is 7.17. The zero-order valence-corrected chi connectivity index (χ0v) is 11.8. The maximum Gasteiger partial charge on any atom is 0.0807 e. The summed E-state index contributed by atoms with van der Waals surface area (Å²) < 4.78 is 0. The minimum atomic E-state index is -0.338. The third kappa shape index (κ3) is 3.05. The molecule has 0 unspecified atom stereocenters. The van der Waals surface area contributed by atoms with E-state index in [4.69, 9.17) is 0 Å². The van der Waals surface area contributed by atoms with Crippen LogP contribution in [0.5, 0.6) is 0 Å². The van der Waals surface area contributed by atoms with Gasteiger partial charge in [-0.1, -0.05) is 39.0 Å². The average Bonchev–Trinajstić information content (AvgIpc) is 3.19. The van der Waals surface area contributed by atoms with Crippen molar-refractivity contribution in [2.45, 2.75) is 52.2 Å². The standard InChI is InChI=1S/C16H25NO/c1-4-16(18)14-7-5-6-8-15(14)17(11-12(2)3)13-9-10-13/h5-8,12-13,16,18H,4,9-11H2,1-3H3/t16-/m0/s1. The van der Waals surface area contributed by atoms with Crippen LogP contribution in [-0.4, -0.2) is 17.7 Å². The molecule has 1 atom stereocenters. The van der Waals surface area contributed by atoms with Gasteiger partial charge in [0.1, 0.15) is 0 Å². The van der Waals surface area contributed by atoms with E-state index in [1.165, 1.54) is 18.5 Å². The molecule has 1 N–H and O–H groups in total. The number of nitrogens with zero attached hydrogens (tertiary/aromatic N) is 1. The summed E-state index contributed by atoms with van der Waals surface area (Å²) in [5.74, 6) is 0.650. The molecule has 1 aromatic rings. The molecular formula is C16H25NO. The first-order chi connectivity index (χ1) is 8.63. The summed E-state index contributed by atoms with van der Waals surface area (Å²) in [6, 6.07) is 9.03. The Morgan fingerprint density at radius 1 is 1.28 bits per heavy atom. The minimum absolute atomic E-state index is 0.338. The van der Waals surface area contributed by atoms with Crippen molar-refractivity contribution >= 4 is 5.69 Å². The Hall–Kier alpha value is -1.02. The lowest BCUT2D eigenvalue weighted by molar-refractivity contribution is 0.174. The summed E-state index contributed by atoms with van der Waals surface area (Å²) in [5.41, 5.74) is 2.33. The molecule has 0 amide bonds. The molecule has 0 heterocycles. The lowest BCUT2D eigenvalue weighted by Gasteiger charge is -2.30. The first-order valence-electron chi connectivity index (χ1n) is 7.17. The number of aliphatic hydroxyl groups is 1. The highest BCUT2D eigenvalue weighted by molar-refractivity contribution is 5.56. The van der Waals surface area contributed by atoms with Crippen LogP contribution in [-0.2, 0) is 0 Å². The molecular weight excluding hydrogens is 222 g/mol. The Kier molecular flexibility index (Phi) is 4.28. The van der Waals surface area contributed by atoms with Crippen LogP contribution in [0.1, 0.15) is 51.7 Å². The van der Waals surface area contributed by atoms with Crippen LogP contribution in [0.2, 0.25) is 0 Å². The predicted molar refractivity (Wildman–Crippen MR) is 76.9 cm³/mol. The molecule has 0 saturated heterocycles. The molecule has 2 rings (SSSR count). The van der Waals surface area contributed by atoms with Gasteiger partial charge in [0.05, 0.1) is 6.10 Å². The van der Waals surface area contributed by atoms with Gasteiger partial charge in [-0.2, -0.15) is 0 Å². The second-order valence-electron chi connectivity index (χ2n) is 5.76. The highest BCUT2D eigenvalue weighted by Crippen LogP contribution is 2.36. The van der Waals surface area contributed by atoms with Crippen molar-refractivity contribution in [1.29, 1.82) is 0 Å². The summed E-state index contributed by atoms with van der Waals surface area (Å²) in [6.07, 6.45) is 3.03. The van der Waals surface area contributed by atoms with Gasteiger partial charge in [-0.15, -0.1) is 0 Å². The van der Waals surface area contributed by atoms with Crippen LogP contribution in [0.15, 0.2) is 24.3 Å². The third-order valence-electron chi connectivity index (χ3n) is 3.54. The zero-order chi connectivity index (χ0) is 13.1. The zero-order valence-electron chi connectivity index (χ0n) is 11.8. The second kappa shape index (κ2) is 5.75. The van der Waals surface area contributed by atoms with Crippen molar-refractivity contribution in [3.8, 4) is 0 Å². The van der Waals surface area contributed by atoms with Crippen LogP contribution in [0, 0.1) is 5.92 Å². The van der Waals surface area contributed by atoms with E-state index in [0.29, 0.717) is 12.0 Å². The first kappa shape index (κ1) is 13.4. The Morgan fingerprint density at radius 3 is 2.50 bits per heavy atom. The lowest BCUT2D eigenvalue weighted by atomic mass is 10.0. The van der Waals surface area contributed by atoms with E-state index in [0.717, 1.165) is 18.5 Å². The van der Waals surface area contributed by atoms with Gasteiger partial charge in [0.25, 0.3) is 0 Å². The van der Waals surface area contributed by atoms with Crippen LogP contribution in [0.4, 0.5) is 5.69 Å². The van der Waals surface area contributed by atoms with Gasteiger partial charge in [-0.3, -0.25) is 0 Å². The van der Waals surface area contributed by atoms with Gasteiger partial charge in [-0.05, 0) is 31.2 Å². The van der Waals surface area contributed by atoms with E-state index >= 15 is 0 Å². The number of benzene rings is 1. The summed E-state index contributed by atoms with van der Waals surface area (Å²) in [4.78, 5) is 2.50. The van der Waals surface area contributed by atoms with Crippen LogP contribution < -0.4 is 4.90 Å². The molecule has 0 aliphatic heterocycles. The van der Waals surface area contributed by atoms with Crippen molar-refractivity contribution in [1.82, 2.24) is 0 Å². The van der Waals surface area contributed by atoms with Crippen LogP contribution in [0.3, 0.4) is 0 Å². The fraction of sp³-hybridized carbons (Fsp3) is 0.625. The number of hydrogen-bond acceptors (Lipinski definition) is 2. The van der Waals surface area contributed by atoms with Crippen molar-refractivity contribution in [3.63, 3.8) is 0 Å². The molecule has 0 bridgehead atoms. The quantitative estimate of drug-likeness (QED) is 0.827. The largest absolute Gasteiger partial charge is 0.388 e. The molecule has 18 heavy (non-hydrogen) atoms. The monoisotopic (exact) mass is 247 g/mol. The fourth-order valence-corrected chi connectivity index (χ4v) is 2.47. The topological polar surface area (TPSA) is 23.5 Å². The molecule has 0 aromatic heterocycles. The van der Waals surface area contributed by atoms with Gasteiger partial charge >= 0.3 is 0 Å². The molecule has 0 radical (unpaired) electrons. The van der Waals surface area contributed by atoms with E-state index in [-0.39, 0.29) is 6.10 Å². The molecule has 2 heteroatoms. The number of rotatable bonds is 6. The molecule has 1 aliphatic rings. The maximum atomic E-state index is 10.2. The number of anilines is 1. The second-order valence-corrected chi connectivity index (χ2v) is 5.76. The molecule has 0 spiro atoms. The van der Waals surface area contributed by atoms with Crippen molar-refractivity contribution in [2.24, 2.45) is 5.92 Å². The van der Waals surface area contributed by atoms with Gasteiger partial charge in [0.15, 0.2) is 0 Å². The number of para-hydroxylation sites is 1. The van der Waals surface area contributed by atoms with Crippen LogP contribution >= 0.6 is 0 Å². The Morgan fingerprint density at radius 2 is 1.94 bits per heavy atom. The normalized spacial score (nSPS) is 16.9. The maximum absolute atomic E-state index is 10.2. The molecule has 1 fully saturated rings. The Bertz CT molecular complexity index is 384. The molecule has 2 nitrogen and oxygen atoms in total. The van der Waals surface area contributed by atoms with E-state index in [9.17, 15) is 5.11 Å². The molecule has 100 valence electrons. The predicted octanol–water partition coefficient (Wildman–Crippen LogP) is 3.75. The third-order valence-corrected chi connectivity index (χ3v) is 3.54. The average molecular weight is 247 g/mol. The van der Waals surface area contributed by atoms with Crippen LogP contribution in [0.25, 0.3) is 0 Å². The van der Waals surface area contributed by atoms with Crippen molar-refractivity contribution in [3.05, 3.63) is 29.8 Å². The SMILES string of the molecule is CC[C@H](O)c1ccccc1N(CC(C)C)C1CC1. The highest BCUT2D eigenvalue weighted by Gasteiger charge is 2.31. The van der Waals surface area contributed by atoms with Crippen molar-refractivity contribution < 1.29 is 5.11 Å². The molecule has 1 aromatic carbocycles. The van der Waals surface area contributed by atoms with Gasteiger partial charge in [0.2, 0.25) is 0 Å². The summed E-state index contributed by atoms with van der Waals surface area (Å²) in [7, 11) is 0. The van der Waals surface area contributed by atoms with Gasteiger partial charge < -0.3 is 10.0 Å². The smallest absolute Gasteiger partial charge is 0.0807 e. The van der Waals surface area contributed by atoms with E-state index in [1.54, 1.807) is 0 Å². The number of hydrogen-bond donors (Lipinski definition) is 1.